The third-order valence-corrected chi connectivity index (χ3v) is 4.45. The normalized spacial score (nSPS) is 10.6. The molecule has 0 saturated heterocycles. The van der Waals surface area contributed by atoms with E-state index in [-0.39, 0.29) is 11.7 Å². The maximum atomic E-state index is 13.1. The number of imidazole rings is 1. The Morgan fingerprint density at radius 1 is 1.24 bits per heavy atom. The van der Waals surface area contributed by atoms with E-state index in [9.17, 15) is 9.18 Å². The number of halogens is 1. The van der Waals surface area contributed by atoms with Crippen LogP contribution in [-0.2, 0) is 6.42 Å². The lowest BCUT2D eigenvalue weighted by Gasteiger charge is -2.08. The summed E-state index contributed by atoms with van der Waals surface area (Å²) >= 11 is 1.56. The minimum atomic E-state index is -0.261. The van der Waals surface area contributed by atoms with Gasteiger partial charge in [-0.2, -0.15) is 0 Å². The summed E-state index contributed by atoms with van der Waals surface area (Å²) in [6, 6.07) is 13.8. The second-order valence-corrected chi connectivity index (χ2v) is 6.24. The van der Waals surface area contributed by atoms with Crippen molar-refractivity contribution in [1.29, 1.82) is 0 Å². The van der Waals surface area contributed by atoms with Crippen LogP contribution in [0.15, 0.2) is 66.1 Å². The molecule has 0 radical (unpaired) electrons. The Hall–Kier alpha value is -2.60. The number of thioether (sulfide) groups is 1. The van der Waals surface area contributed by atoms with Crippen molar-refractivity contribution in [2.24, 2.45) is 0 Å². The molecule has 3 aromatic rings. The molecule has 3 rings (SSSR count). The summed E-state index contributed by atoms with van der Waals surface area (Å²) in [6.45, 7) is 0.460. The second-order valence-electron chi connectivity index (χ2n) is 5.47. The molecule has 1 amide bonds. The monoisotopic (exact) mass is 355 g/mol. The zero-order chi connectivity index (χ0) is 17.6. The molecule has 0 unspecified atom stereocenters. The van der Waals surface area contributed by atoms with Crippen molar-refractivity contribution in [1.82, 2.24) is 14.9 Å². The average molecular weight is 355 g/mol. The molecule has 0 aliphatic rings. The largest absolute Gasteiger partial charge is 0.352 e. The van der Waals surface area contributed by atoms with Crippen LogP contribution in [0.5, 0.6) is 0 Å². The van der Waals surface area contributed by atoms with E-state index in [4.69, 9.17) is 0 Å². The average Bonchev–Trinajstić information content (AvgIpc) is 3.10. The van der Waals surface area contributed by atoms with Crippen LogP contribution in [-0.4, -0.2) is 28.3 Å². The summed E-state index contributed by atoms with van der Waals surface area (Å²) in [5.41, 5.74) is 2.41. The standard InChI is InChI=1S/C19H18FN3OS/c1-25-19-22-11-12-23(19)17-7-5-15(6-8-17)18(24)21-10-9-14-3-2-4-16(20)13-14/h2-8,11-13H,9-10H2,1H3,(H,21,24). The molecule has 4 nitrogen and oxygen atoms in total. The van der Waals surface area contributed by atoms with Gasteiger partial charge in [-0.25, -0.2) is 9.37 Å². The van der Waals surface area contributed by atoms with Crippen LogP contribution in [0.4, 0.5) is 4.39 Å². The first-order valence-corrected chi connectivity index (χ1v) is 9.10. The van der Waals surface area contributed by atoms with Crippen molar-refractivity contribution in [2.45, 2.75) is 11.6 Å². The van der Waals surface area contributed by atoms with Gasteiger partial charge in [0.05, 0.1) is 0 Å². The van der Waals surface area contributed by atoms with E-state index in [1.807, 2.05) is 35.2 Å². The minimum Gasteiger partial charge on any atom is -0.352 e. The number of carbonyl (C=O) groups is 1. The molecule has 6 heteroatoms. The van der Waals surface area contributed by atoms with Crippen molar-refractivity contribution in [3.8, 4) is 5.69 Å². The first-order chi connectivity index (χ1) is 12.2. The van der Waals surface area contributed by atoms with Crippen molar-refractivity contribution in [2.75, 3.05) is 12.8 Å². The van der Waals surface area contributed by atoms with E-state index in [0.717, 1.165) is 16.4 Å². The van der Waals surface area contributed by atoms with Crippen LogP contribution in [0.2, 0.25) is 0 Å². The molecule has 128 valence electrons. The quantitative estimate of drug-likeness (QED) is 0.686. The van der Waals surface area contributed by atoms with Crippen molar-refractivity contribution in [3.05, 3.63) is 77.9 Å². The third-order valence-electron chi connectivity index (χ3n) is 3.79. The third kappa shape index (κ3) is 4.28. The maximum absolute atomic E-state index is 13.1. The SMILES string of the molecule is CSc1nccn1-c1ccc(C(=O)NCCc2cccc(F)c2)cc1. The van der Waals surface area contributed by atoms with Gasteiger partial charge < -0.3 is 5.32 Å². The smallest absolute Gasteiger partial charge is 0.251 e. The lowest BCUT2D eigenvalue weighted by Crippen LogP contribution is -2.25. The molecule has 2 aromatic carbocycles. The first-order valence-electron chi connectivity index (χ1n) is 7.88. The number of hydrogen-bond acceptors (Lipinski definition) is 3. The molecule has 0 saturated carbocycles. The van der Waals surface area contributed by atoms with Gasteiger partial charge in [-0.05, 0) is 54.6 Å². The van der Waals surface area contributed by atoms with Crippen LogP contribution in [0.3, 0.4) is 0 Å². The number of hydrogen-bond donors (Lipinski definition) is 1. The molecule has 0 aliphatic heterocycles. The van der Waals surface area contributed by atoms with E-state index in [1.165, 1.54) is 12.1 Å². The lowest BCUT2D eigenvalue weighted by atomic mass is 10.1. The van der Waals surface area contributed by atoms with Gasteiger partial charge in [0.25, 0.3) is 5.91 Å². The van der Waals surface area contributed by atoms with Gasteiger partial charge in [-0.1, -0.05) is 23.9 Å². The lowest BCUT2D eigenvalue weighted by molar-refractivity contribution is 0.0954. The number of nitrogens with zero attached hydrogens (tertiary/aromatic N) is 2. The van der Waals surface area contributed by atoms with Gasteiger partial charge in [0.2, 0.25) is 0 Å². The highest BCUT2D eigenvalue weighted by molar-refractivity contribution is 7.98. The molecule has 0 fully saturated rings. The fourth-order valence-electron chi connectivity index (χ4n) is 2.53. The Labute approximate surface area is 150 Å². The summed E-state index contributed by atoms with van der Waals surface area (Å²) in [5, 5.41) is 3.75. The fourth-order valence-corrected chi connectivity index (χ4v) is 3.05. The summed E-state index contributed by atoms with van der Waals surface area (Å²) < 4.78 is 15.1. The topological polar surface area (TPSA) is 46.9 Å². The molecule has 1 N–H and O–H groups in total. The van der Waals surface area contributed by atoms with Gasteiger partial charge in [0.15, 0.2) is 5.16 Å². The van der Waals surface area contributed by atoms with Crippen LogP contribution < -0.4 is 5.32 Å². The molecule has 0 atom stereocenters. The number of aromatic nitrogens is 2. The van der Waals surface area contributed by atoms with Crippen LogP contribution in [0.1, 0.15) is 15.9 Å². The van der Waals surface area contributed by atoms with E-state index in [2.05, 4.69) is 10.3 Å². The van der Waals surface area contributed by atoms with Crippen molar-refractivity contribution >= 4 is 17.7 Å². The predicted octanol–water partition coefficient (Wildman–Crippen LogP) is 3.71. The Morgan fingerprint density at radius 3 is 2.76 bits per heavy atom. The fraction of sp³-hybridized carbons (Fsp3) is 0.158. The number of benzene rings is 2. The zero-order valence-electron chi connectivity index (χ0n) is 13.8. The molecule has 0 bridgehead atoms. The highest BCUT2D eigenvalue weighted by Gasteiger charge is 2.07. The predicted molar refractivity (Wildman–Crippen MR) is 97.8 cm³/mol. The number of amides is 1. The van der Waals surface area contributed by atoms with Crippen molar-refractivity contribution in [3.63, 3.8) is 0 Å². The highest BCUT2D eigenvalue weighted by atomic mass is 32.2. The summed E-state index contributed by atoms with van der Waals surface area (Å²) in [4.78, 5) is 16.5. The Kier molecular flexibility index (Phi) is 5.50. The molecule has 1 aromatic heterocycles. The van der Waals surface area contributed by atoms with Gasteiger partial charge in [-0.3, -0.25) is 9.36 Å². The molecular formula is C19H18FN3OS. The van der Waals surface area contributed by atoms with Crippen LogP contribution in [0.25, 0.3) is 5.69 Å². The Balaban J connectivity index is 1.59. The minimum absolute atomic E-state index is 0.140. The van der Waals surface area contributed by atoms with Gasteiger partial charge in [-0.15, -0.1) is 0 Å². The van der Waals surface area contributed by atoms with E-state index in [0.29, 0.717) is 18.5 Å². The van der Waals surface area contributed by atoms with Crippen LogP contribution >= 0.6 is 11.8 Å². The Bertz CT molecular complexity index is 861. The molecule has 1 heterocycles. The van der Waals surface area contributed by atoms with E-state index >= 15 is 0 Å². The maximum Gasteiger partial charge on any atom is 0.251 e. The van der Waals surface area contributed by atoms with Crippen LogP contribution in [0, 0.1) is 5.82 Å². The number of carbonyl (C=O) groups excluding carboxylic acids is 1. The van der Waals surface area contributed by atoms with Crippen molar-refractivity contribution < 1.29 is 9.18 Å². The molecule has 0 spiro atoms. The molecule has 0 aliphatic carbocycles. The highest BCUT2D eigenvalue weighted by Crippen LogP contribution is 2.18. The number of nitrogens with one attached hydrogen (secondary N) is 1. The first kappa shape index (κ1) is 17.2. The second kappa shape index (κ2) is 7.98. The summed E-state index contributed by atoms with van der Waals surface area (Å²) in [6.07, 6.45) is 6.20. The zero-order valence-corrected chi connectivity index (χ0v) is 14.6. The number of rotatable bonds is 6. The van der Waals surface area contributed by atoms with E-state index < -0.39 is 0 Å². The van der Waals surface area contributed by atoms with Gasteiger partial charge >= 0.3 is 0 Å². The molecule has 25 heavy (non-hydrogen) atoms. The van der Waals surface area contributed by atoms with Gasteiger partial charge in [0.1, 0.15) is 5.82 Å². The Morgan fingerprint density at radius 2 is 2.04 bits per heavy atom. The molecular weight excluding hydrogens is 337 g/mol. The summed E-state index contributed by atoms with van der Waals surface area (Å²) in [7, 11) is 0. The summed E-state index contributed by atoms with van der Waals surface area (Å²) in [5.74, 6) is -0.401. The van der Waals surface area contributed by atoms with Gasteiger partial charge in [0, 0.05) is 30.2 Å². The van der Waals surface area contributed by atoms with E-state index in [1.54, 1.807) is 36.2 Å².